The Morgan fingerprint density at radius 1 is 0.945 bits per heavy atom. The molecule has 0 unspecified atom stereocenters. The van der Waals surface area contributed by atoms with E-state index < -0.39 is 22.8 Å². The zero-order valence-electron chi connectivity index (χ0n) is 32.9. The van der Waals surface area contributed by atoms with Crippen LogP contribution < -0.4 is 16.8 Å². The standard InChI is InChI=1S/C40H53N9O6/c1-38(2,3)55-37(51)46-39(4,5)14-19-53-40(6,7)15-18-52-17-13-31(50)48-16-12-26-20-25(8-9-28(26)23-48)22-49-35-32(34(41)43-24-44-35)33(47-49)27-10-11-30-29(21-27)45-36(42)54-30/h8-11,20-21,24H,12-19,22-23H2,1-7H3,(H2,42,45)(H,46,51)(H2,41,43,44). The minimum absolute atomic E-state index is 0.0734. The summed E-state index contributed by atoms with van der Waals surface area (Å²) in [5.74, 6) is 0.413. The Morgan fingerprint density at radius 2 is 1.75 bits per heavy atom. The highest BCUT2D eigenvalue weighted by Crippen LogP contribution is 2.33. The van der Waals surface area contributed by atoms with E-state index in [1.165, 1.54) is 11.9 Å². The number of nitrogens with zero attached hydrogens (tertiary/aromatic N) is 6. The summed E-state index contributed by atoms with van der Waals surface area (Å²) in [6.07, 6.45) is 3.37. The van der Waals surface area contributed by atoms with Crippen molar-refractivity contribution in [2.45, 2.75) is 104 Å². The molecule has 4 heterocycles. The minimum Gasteiger partial charge on any atom is -0.444 e. The maximum absolute atomic E-state index is 13.1. The SMILES string of the molecule is CC(C)(CCOC(C)(C)CCOCCC(=O)N1CCc2cc(Cn3nc(-c4ccc5oc(N)nc5c4)c4c(N)ncnc43)ccc2C1)NC(=O)OC(C)(C)C. The molecule has 0 fully saturated rings. The molecule has 2 amide bonds. The molecule has 15 heteroatoms. The van der Waals surface area contributed by atoms with Gasteiger partial charge in [-0.15, -0.1) is 0 Å². The van der Waals surface area contributed by atoms with Crippen LogP contribution in [0.1, 0.15) is 84.4 Å². The van der Waals surface area contributed by atoms with Gasteiger partial charge in [0.15, 0.2) is 11.2 Å². The van der Waals surface area contributed by atoms with Crippen LogP contribution in [0.15, 0.2) is 47.1 Å². The van der Waals surface area contributed by atoms with Gasteiger partial charge in [-0.3, -0.25) is 4.79 Å². The Morgan fingerprint density at radius 3 is 2.53 bits per heavy atom. The summed E-state index contributed by atoms with van der Waals surface area (Å²) < 4.78 is 24.7. The summed E-state index contributed by atoms with van der Waals surface area (Å²) in [4.78, 5) is 40.2. The van der Waals surface area contributed by atoms with Gasteiger partial charge in [-0.2, -0.15) is 10.1 Å². The van der Waals surface area contributed by atoms with Crippen molar-refractivity contribution in [1.82, 2.24) is 34.9 Å². The first-order chi connectivity index (χ1) is 26.0. The number of nitrogens with one attached hydrogen (secondary N) is 1. The molecule has 6 rings (SSSR count). The van der Waals surface area contributed by atoms with Crippen molar-refractivity contribution in [2.75, 3.05) is 37.8 Å². The average molecular weight is 756 g/mol. The van der Waals surface area contributed by atoms with Gasteiger partial charge in [0.05, 0.1) is 30.6 Å². The molecule has 15 nitrogen and oxygen atoms in total. The Kier molecular flexibility index (Phi) is 11.3. The number of hydrogen-bond donors (Lipinski definition) is 3. The lowest BCUT2D eigenvalue weighted by molar-refractivity contribution is -0.133. The molecule has 2 aromatic carbocycles. The van der Waals surface area contributed by atoms with Gasteiger partial charge in [0.1, 0.15) is 29.0 Å². The van der Waals surface area contributed by atoms with Crippen molar-refractivity contribution in [3.05, 3.63) is 59.4 Å². The number of fused-ring (bicyclic) bond motifs is 3. The first kappa shape index (κ1) is 39.4. The summed E-state index contributed by atoms with van der Waals surface area (Å²) in [7, 11) is 0. The molecule has 0 saturated heterocycles. The van der Waals surface area contributed by atoms with Crippen molar-refractivity contribution in [3.63, 3.8) is 0 Å². The van der Waals surface area contributed by atoms with Crippen LogP contribution >= 0.6 is 0 Å². The predicted octanol–water partition coefficient (Wildman–Crippen LogP) is 6.02. The third-order valence-corrected chi connectivity index (χ3v) is 9.57. The summed E-state index contributed by atoms with van der Waals surface area (Å²) in [6.45, 7) is 16.4. The second kappa shape index (κ2) is 15.8. The van der Waals surface area contributed by atoms with Crippen LogP contribution in [0.5, 0.6) is 0 Å². The van der Waals surface area contributed by atoms with Crippen molar-refractivity contribution in [1.29, 1.82) is 0 Å². The fourth-order valence-corrected chi connectivity index (χ4v) is 6.56. The number of carbonyl (C=O) groups excluding carboxylic acids is 2. The second-order valence-corrected chi connectivity index (χ2v) is 16.3. The lowest BCUT2D eigenvalue weighted by Gasteiger charge is -2.31. The molecule has 3 aromatic heterocycles. The Labute approximate surface area is 321 Å². The number of amides is 2. The van der Waals surface area contributed by atoms with Crippen molar-refractivity contribution in [3.8, 4) is 11.3 Å². The number of nitrogen functional groups attached to an aromatic ring is 2. The quantitative estimate of drug-likeness (QED) is 0.112. The van der Waals surface area contributed by atoms with Gasteiger partial charge in [-0.05, 0) is 103 Å². The molecule has 5 N–H and O–H groups in total. The van der Waals surface area contributed by atoms with Gasteiger partial charge >= 0.3 is 6.09 Å². The van der Waals surface area contributed by atoms with Crippen LogP contribution in [0.25, 0.3) is 33.4 Å². The Bertz CT molecular complexity index is 2170. The van der Waals surface area contributed by atoms with Crippen molar-refractivity contribution >= 4 is 46.0 Å². The smallest absolute Gasteiger partial charge is 0.408 e. The number of ether oxygens (including phenoxy) is 3. The Balaban J connectivity index is 0.970. The fraction of sp³-hybridized carbons (Fsp3) is 0.500. The highest BCUT2D eigenvalue weighted by molar-refractivity contribution is 5.99. The predicted molar refractivity (Wildman–Crippen MR) is 210 cm³/mol. The fourth-order valence-electron chi connectivity index (χ4n) is 6.56. The van der Waals surface area contributed by atoms with E-state index in [1.807, 2.05) is 76.2 Å². The number of benzene rings is 2. The van der Waals surface area contributed by atoms with E-state index in [2.05, 4.69) is 38.5 Å². The first-order valence-corrected chi connectivity index (χ1v) is 18.7. The summed E-state index contributed by atoms with van der Waals surface area (Å²) in [5.41, 5.74) is 17.3. The van der Waals surface area contributed by atoms with Crippen LogP contribution in [0, 0.1) is 0 Å². The summed E-state index contributed by atoms with van der Waals surface area (Å²) in [6, 6.07) is 12.0. The van der Waals surface area contributed by atoms with Crippen molar-refractivity contribution in [2.24, 2.45) is 0 Å². The van der Waals surface area contributed by atoms with Crippen LogP contribution in [0.2, 0.25) is 0 Å². The number of alkyl carbamates (subject to hydrolysis) is 1. The highest BCUT2D eigenvalue weighted by Gasteiger charge is 2.27. The zero-order valence-corrected chi connectivity index (χ0v) is 32.9. The lowest BCUT2D eigenvalue weighted by Crippen LogP contribution is -2.46. The number of hydrogen-bond acceptors (Lipinski definition) is 12. The molecule has 1 aliphatic rings. The van der Waals surface area contributed by atoms with Gasteiger partial charge in [0, 0.05) is 37.4 Å². The third kappa shape index (κ3) is 10.1. The number of rotatable bonds is 14. The molecule has 0 spiro atoms. The monoisotopic (exact) mass is 755 g/mol. The van der Waals surface area contributed by atoms with E-state index >= 15 is 0 Å². The molecule has 1 aliphatic heterocycles. The molecule has 294 valence electrons. The van der Waals surface area contributed by atoms with E-state index in [9.17, 15) is 9.59 Å². The highest BCUT2D eigenvalue weighted by atomic mass is 16.6. The Hall–Kier alpha value is -5.28. The normalized spacial score (nSPS) is 13.7. The zero-order chi connectivity index (χ0) is 39.5. The molecule has 0 saturated carbocycles. The van der Waals surface area contributed by atoms with Gasteiger partial charge in [0.25, 0.3) is 6.01 Å². The number of nitrogens with two attached hydrogens (primary N) is 2. The number of aromatic nitrogens is 5. The molecular weight excluding hydrogens is 702 g/mol. The number of oxazole rings is 1. The van der Waals surface area contributed by atoms with E-state index in [0.717, 1.165) is 23.1 Å². The van der Waals surface area contributed by atoms with E-state index in [-0.39, 0.29) is 11.9 Å². The van der Waals surface area contributed by atoms with E-state index in [0.29, 0.717) is 92.4 Å². The van der Waals surface area contributed by atoms with Crippen LogP contribution in [-0.2, 0) is 38.5 Å². The largest absolute Gasteiger partial charge is 0.444 e. The van der Waals surface area contributed by atoms with E-state index in [1.54, 1.807) is 0 Å². The topological polar surface area (TPSA) is 199 Å². The van der Waals surface area contributed by atoms with Crippen LogP contribution in [0.3, 0.4) is 0 Å². The molecule has 55 heavy (non-hydrogen) atoms. The molecule has 0 radical (unpaired) electrons. The van der Waals surface area contributed by atoms with E-state index in [4.69, 9.17) is 35.2 Å². The van der Waals surface area contributed by atoms with Crippen molar-refractivity contribution < 1.29 is 28.2 Å². The lowest BCUT2D eigenvalue weighted by atomic mass is 9.97. The van der Waals surface area contributed by atoms with Crippen LogP contribution in [-0.4, -0.2) is 84.7 Å². The minimum atomic E-state index is -0.555. The molecule has 5 aromatic rings. The molecule has 0 bridgehead atoms. The molecule has 0 atom stereocenters. The van der Waals surface area contributed by atoms with Gasteiger partial charge in [0.2, 0.25) is 5.91 Å². The average Bonchev–Trinajstić information content (AvgIpc) is 3.66. The van der Waals surface area contributed by atoms with Gasteiger partial charge < -0.3 is 40.3 Å². The van der Waals surface area contributed by atoms with Gasteiger partial charge in [-0.1, -0.05) is 18.2 Å². The molecular formula is C40H53N9O6. The van der Waals surface area contributed by atoms with Gasteiger partial charge in [-0.25, -0.2) is 19.4 Å². The third-order valence-electron chi connectivity index (χ3n) is 9.57. The number of carbonyl (C=O) groups is 2. The molecule has 0 aliphatic carbocycles. The van der Waals surface area contributed by atoms with Crippen LogP contribution in [0.4, 0.5) is 16.6 Å². The second-order valence-electron chi connectivity index (χ2n) is 16.3. The number of anilines is 2. The summed E-state index contributed by atoms with van der Waals surface area (Å²) in [5, 5.41) is 8.50. The summed E-state index contributed by atoms with van der Waals surface area (Å²) >= 11 is 0. The first-order valence-electron chi connectivity index (χ1n) is 18.7. The maximum atomic E-state index is 13.1. The maximum Gasteiger partial charge on any atom is 0.408 e.